The predicted molar refractivity (Wildman–Crippen MR) is 133 cm³/mol. The lowest BCUT2D eigenvalue weighted by Gasteiger charge is -2.38. The van der Waals surface area contributed by atoms with Gasteiger partial charge in [0.2, 0.25) is 10.0 Å². The van der Waals surface area contributed by atoms with Gasteiger partial charge < -0.3 is 10.6 Å². The molecular formula is C24H22N6O3S2. The zero-order valence-electron chi connectivity index (χ0n) is 18.5. The molecule has 1 fully saturated rings. The van der Waals surface area contributed by atoms with Gasteiger partial charge in [-0.25, -0.2) is 13.4 Å². The molecule has 2 aromatic heterocycles. The number of hydrogen-bond acceptors (Lipinski definition) is 7. The van der Waals surface area contributed by atoms with Crippen LogP contribution in [0, 0.1) is 0 Å². The Hall–Kier alpha value is -3.67. The Bertz CT molecular complexity index is 1420. The van der Waals surface area contributed by atoms with Gasteiger partial charge in [-0.2, -0.15) is 9.40 Å². The zero-order chi connectivity index (χ0) is 24.3. The van der Waals surface area contributed by atoms with Crippen molar-refractivity contribution in [3.8, 4) is 0 Å². The first-order valence-electron chi connectivity index (χ1n) is 10.8. The molecule has 0 unspecified atom stereocenters. The maximum atomic E-state index is 12.8. The fourth-order valence-electron chi connectivity index (χ4n) is 3.55. The second-order valence-corrected chi connectivity index (χ2v) is 10.9. The Morgan fingerprint density at radius 3 is 2.54 bits per heavy atom. The first kappa shape index (κ1) is 23.1. The number of carbonyl (C=O) groups excluding carboxylic acids is 1. The van der Waals surface area contributed by atoms with Gasteiger partial charge in [0.15, 0.2) is 5.82 Å². The maximum Gasteiger partial charge on any atom is 0.251 e. The molecule has 1 aliphatic rings. The van der Waals surface area contributed by atoms with Gasteiger partial charge in [0.25, 0.3) is 5.91 Å². The third kappa shape index (κ3) is 5.37. The van der Waals surface area contributed by atoms with Crippen LogP contribution in [0.15, 0.2) is 99.9 Å². The van der Waals surface area contributed by atoms with Crippen molar-refractivity contribution >= 4 is 39.3 Å². The molecule has 3 heterocycles. The van der Waals surface area contributed by atoms with Gasteiger partial charge in [0, 0.05) is 35.8 Å². The van der Waals surface area contributed by atoms with E-state index in [1.807, 2.05) is 36.4 Å². The Labute approximate surface area is 207 Å². The van der Waals surface area contributed by atoms with Crippen LogP contribution in [0.2, 0.25) is 0 Å². The smallest absolute Gasteiger partial charge is 0.251 e. The summed E-state index contributed by atoms with van der Waals surface area (Å²) in [6, 6.07) is 22.8. The first-order chi connectivity index (χ1) is 17.0. The van der Waals surface area contributed by atoms with Crippen LogP contribution < -0.4 is 10.6 Å². The minimum Gasteiger partial charge on any atom is -0.347 e. The molecule has 0 atom stereocenters. The Morgan fingerprint density at radius 2 is 1.77 bits per heavy atom. The number of rotatable bonds is 8. The van der Waals surface area contributed by atoms with Crippen molar-refractivity contribution in [1.29, 1.82) is 0 Å². The largest absolute Gasteiger partial charge is 0.347 e. The Kier molecular flexibility index (Phi) is 6.53. The normalized spacial score (nSPS) is 14.3. The number of hydrogen-bond donors (Lipinski definition) is 3. The standard InChI is InChI=1S/C24H22N6O3S2/c31-24(26-18-15-30(16-18)35(32,33)20-9-2-1-3-10-20)17-7-6-8-19(13-17)34-23-14-22(28-29-23)27-21-11-4-5-12-25-21/h1-14,18H,15-16H2,(H,26,31)(H2,25,27,28,29). The molecule has 2 aromatic carbocycles. The lowest BCUT2D eigenvalue weighted by molar-refractivity contribution is 0.0895. The van der Waals surface area contributed by atoms with Crippen molar-refractivity contribution in [3.63, 3.8) is 0 Å². The highest BCUT2D eigenvalue weighted by molar-refractivity contribution is 7.99. The molecular weight excluding hydrogens is 484 g/mol. The molecule has 5 rings (SSSR count). The fourth-order valence-corrected chi connectivity index (χ4v) is 5.95. The SMILES string of the molecule is O=C(NC1CN(S(=O)(=O)c2ccccc2)C1)c1cccc(Sc2cc(Nc3ccccn3)n[nH]2)c1. The number of anilines is 2. The molecule has 0 spiro atoms. The average Bonchev–Trinajstić information content (AvgIpc) is 3.28. The molecule has 1 saturated heterocycles. The van der Waals surface area contributed by atoms with E-state index in [0.29, 0.717) is 17.2 Å². The van der Waals surface area contributed by atoms with Crippen molar-refractivity contribution in [3.05, 3.63) is 90.6 Å². The number of pyridine rings is 1. The second kappa shape index (κ2) is 9.90. The van der Waals surface area contributed by atoms with Crippen LogP contribution in [0.25, 0.3) is 0 Å². The lowest BCUT2D eigenvalue weighted by atomic mass is 10.1. The summed E-state index contributed by atoms with van der Waals surface area (Å²) in [6.45, 7) is 0.495. The monoisotopic (exact) mass is 506 g/mol. The third-order valence-electron chi connectivity index (χ3n) is 5.36. The Morgan fingerprint density at radius 1 is 0.971 bits per heavy atom. The molecule has 1 aliphatic heterocycles. The van der Waals surface area contributed by atoms with Crippen LogP contribution in [0.5, 0.6) is 0 Å². The van der Waals surface area contributed by atoms with Gasteiger partial charge in [-0.3, -0.25) is 9.89 Å². The maximum absolute atomic E-state index is 12.8. The number of carbonyl (C=O) groups is 1. The van der Waals surface area contributed by atoms with Crippen molar-refractivity contribution in [2.45, 2.75) is 20.9 Å². The molecule has 11 heteroatoms. The quantitative estimate of drug-likeness (QED) is 0.335. The molecule has 178 valence electrons. The van der Waals surface area contributed by atoms with Gasteiger partial charge in [-0.05, 0) is 42.5 Å². The van der Waals surface area contributed by atoms with Gasteiger partial charge in [-0.15, -0.1) is 0 Å². The van der Waals surface area contributed by atoms with Crippen LogP contribution in [-0.2, 0) is 10.0 Å². The van der Waals surface area contributed by atoms with E-state index in [2.05, 4.69) is 25.8 Å². The van der Waals surface area contributed by atoms with Gasteiger partial charge >= 0.3 is 0 Å². The number of nitrogens with zero attached hydrogens (tertiary/aromatic N) is 3. The van der Waals surface area contributed by atoms with E-state index in [1.54, 1.807) is 48.7 Å². The summed E-state index contributed by atoms with van der Waals surface area (Å²) in [5, 5.41) is 14.1. The van der Waals surface area contributed by atoms with Crippen LogP contribution in [-0.4, -0.2) is 52.9 Å². The predicted octanol–water partition coefficient (Wildman–Crippen LogP) is 3.50. The van der Waals surface area contributed by atoms with Crippen molar-refractivity contribution in [2.75, 3.05) is 18.4 Å². The van der Waals surface area contributed by atoms with Crippen molar-refractivity contribution < 1.29 is 13.2 Å². The van der Waals surface area contributed by atoms with Crippen molar-refractivity contribution in [1.82, 2.24) is 24.8 Å². The summed E-state index contributed by atoms with van der Waals surface area (Å²) < 4.78 is 26.6. The molecule has 0 aliphatic carbocycles. The molecule has 9 nitrogen and oxygen atoms in total. The summed E-state index contributed by atoms with van der Waals surface area (Å²) in [5.74, 6) is 1.09. The molecule has 0 bridgehead atoms. The Balaban J connectivity index is 1.17. The number of benzene rings is 2. The summed E-state index contributed by atoms with van der Waals surface area (Å²) in [6.07, 6.45) is 1.70. The number of aromatic nitrogens is 3. The van der Waals surface area contributed by atoms with Crippen LogP contribution >= 0.6 is 11.8 Å². The van der Waals surface area contributed by atoms with Crippen LogP contribution in [0.3, 0.4) is 0 Å². The van der Waals surface area contributed by atoms with E-state index in [0.717, 1.165) is 9.92 Å². The summed E-state index contributed by atoms with van der Waals surface area (Å²) in [5.41, 5.74) is 0.505. The number of aromatic amines is 1. The van der Waals surface area contributed by atoms with E-state index in [-0.39, 0.29) is 29.9 Å². The number of H-pyrrole nitrogens is 1. The van der Waals surface area contributed by atoms with E-state index in [1.165, 1.54) is 16.1 Å². The summed E-state index contributed by atoms with van der Waals surface area (Å²) in [4.78, 5) is 18.1. The van der Waals surface area contributed by atoms with E-state index >= 15 is 0 Å². The minimum absolute atomic E-state index is 0.231. The zero-order valence-corrected chi connectivity index (χ0v) is 20.1. The van der Waals surface area contributed by atoms with Crippen LogP contribution in [0.1, 0.15) is 10.4 Å². The topological polar surface area (TPSA) is 120 Å². The summed E-state index contributed by atoms with van der Waals surface area (Å²) >= 11 is 1.44. The van der Waals surface area contributed by atoms with E-state index in [9.17, 15) is 13.2 Å². The van der Waals surface area contributed by atoms with E-state index < -0.39 is 10.0 Å². The van der Waals surface area contributed by atoms with Gasteiger partial charge in [0.05, 0.1) is 16.0 Å². The first-order valence-corrected chi connectivity index (χ1v) is 13.1. The lowest BCUT2D eigenvalue weighted by Crippen LogP contribution is -2.60. The highest BCUT2D eigenvalue weighted by Gasteiger charge is 2.37. The number of sulfonamides is 1. The van der Waals surface area contributed by atoms with E-state index in [4.69, 9.17) is 0 Å². The molecule has 1 amide bonds. The minimum atomic E-state index is -3.53. The summed E-state index contributed by atoms with van der Waals surface area (Å²) in [7, 11) is -3.53. The average molecular weight is 507 g/mol. The highest BCUT2D eigenvalue weighted by Crippen LogP contribution is 2.29. The third-order valence-corrected chi connectivity index (χ3v) is 8.13. The number of amides is 1. The van der Waals surface area contributed by atoms with Gasteiger partial charge in [0.1, 0.15) is 5.82 Å². The fraction of sp³-hybridized carbons (Fsp3) is 0.125. The number of nitrogens with one attached hydrogen (secondary N) is 3. The molecule has 0 radical (unpaired) electrons. The van der Waals surface area contributed by atoms with Crippen LogP contribution in [0.4, 0.5) is 11.6 Å². The molecule has 0 saturated carbocycles. The second-order valence-electron chi connectivity index (χ2n) is 7.89. The molecule has 4 aromatic rings. The molecule has 3 N–H and O–H groups in total. The van der Waals surface area contributed by atoms with Crippen molar-refractivity contribution in [2.24, 2.45) is 0 Å². The highest BCUT2D eigenvalue weighted by atomic mass is 32.2. The van der Waals surface area contributed by atoms with Gasteiger partial charge in [-0.1, -0.05) is 42.1 Å². The molecule has 35 heavy (non-hydrogen) atoms.